The molecule has 3 aromatic rings. The Morgan fingerprint density at radius 1 is 1.03 bits per heavy atom. The Labute approximate surface area is 189 Å². The number of anilines is 3. The van der Waals surface area contributed by atoms with Crippen LogP contribution >= 0.6 is 11.8 Å². The molecule has 0 saturated carbocycles. The number of Topliss-reactive ketones (excluding diaryl/α,β-unsaturated/α-hetero) is 1. The number of carbonyl (C=O) groups excluding carboxylic acids is 2. The minimum Gasteiger partial charge on any atom is -0.495 e. The highest BCUT2D eigenvalue weighted by atomic mass is 32.2. The summed E-state index contributed by atoms with van der Waals surface area (Å²) >= 11 is 1.59. The van der Waals surface area contributed by atoms with Crippen LogP contribution in [0.2, 0.25) is 0 Å². The fraction of sp³-hybridized carbons (Fsp3) is 0.227. The van der Waals surface area contributed by atoms with E-state index < -0.39 is 5.97 Å². The lowest BCUT2D eigenvalue weighted by atomic mass is 10.1. The minimum atomic E-state index is -0.530. The summed E-state index contributed by atoms with van der Waals surface area (Å²) in [4.78, 5) is 37.7. The monoisotopic (exact) mass is 453 g/mol. The van der Waals surface area contributed by atoms with Crippen molar-refractivity contribution in [1.29, 1.82) is 0 Å². The van der Waals surface area contributed by atoms with Gasteiger partial charge < -0.3 is 20.5 Å². The summed E-state index contributed by atoms with van der Waals surface area (Å²) in [5, 5.41) is 3.00. The maximum absolute atomic E-state index is 12.3. The van der Waals surface area contributed by atoms with E-state index in [1.807, 2.05) is 30.5 Å². The fourth-order valence-electron chi connectivity index (χ4n) is 2.78. The van der Waals surface area contributed by atoms with Gasteiger partial charge in [-0.25, -0.2) is 0 Å². The number of rotatable bonds is 10. The lowest BCUT2D eigenvalue weighted by Gasteiger charge is -2.11. The SMILES string of the molecule is COc1ccccc1Nc1nc(N)nc(COC(=O)CCC(=O)c2ccc(SC)cc2)n1. The topological polar surface area (TPSA) is 129 Å². The Bertz CT molecular complexity index is 1090. The molecule has 9 nitrogen and oxygen atoms in total. The first-order valence-electron chi connectivity index (χ1n) is 9.72. The number of aromatic nitrogens is 3. The number of para-hydroxylation sites is 2. The number of ether oxygens (including phenoxy) is 2. The molecule has 0 fully saturated rings. The smallest absolute Gasteiger partial charge is 0.306 e. The van der Waals surface area contributed by atoms with Crippen molar-refractivity contribution in [2.45, 2.75) is 24.3 Å². The summed E-state index contributed by atoms with van der Waals surface area (Å²) in [6.07, 6.45) is 1.97. The number of hydrogen-bond acceptors (Lipinski definition) is 10. The summed E-state index contributed by atoms with van der Waals surface area (Å²) in [5.74, 6) is 0.304. The highest BCUT2D eigenvalue weighted by molar-refractivity contribution is 7.98. The van der Waals surface area contributed by atoms with Crippen molar-refractivity contribution >= 4 is 41.1 Å². The van der Waals surface area contributed by atoms with E-state index in [0.717, 1.165) is 4.90 Å². The summed E-state index contributed by atoms with van der Waals surface area (Å²) in [5.41, 5.74) is 6.96. The largest absolute Gasteiger partial charge is 0.495 e. The number of nitrogens with zero attached hydrogens (tertiary/aromatic N) is 3. The second kappa shape index (κ2) is 11.1. The van der Waals surface area contributed by atoms with Crippen LogP contribution in [0.1, 0.15) is 29.0 Å². The van der Waals surface area contributed by atoms with E-state index in [1.165, 1.54) is 0 Å². The molecule has 0 aliphatic heterocycles. The van der Waals surface area contributed by atoms with Crippen molar-refractivity contribution in [3.63, 3.8) is 0 Å². The summed E-state index contributed by atoms with van der Waals surface area (Å²) in [7, 11) is 1.55. The quantitative estimate of drug-likeness (QED) is 0.267. The van der Waals surface area contributed by atoms with Crippen molar-refractivity contribution < 1.29 is 19.1 Å². The number of nitrogens with one attached hydrogen (secondary N) is 1. The van der Waals surface area contributed by atoms with Crippen LogP contribution in [0, 0.1) is 0 Å². The second-order valence-corrected chi connectivity index (χ2v) is 7.45. The normalized spacial score (nSPS) is 10.4. The molecule has 0 amide bonds. The van der Waals surface area contributed by atoms with Crippen LogP contribution in [-0.2, 0) is 16.1 Å². The van der Waals surface area contributed by atoms with Gasteiger partial charge >= 0.3 is 5.97 Å². The molecule has 3 N–H and O–H groups in total. The number of thioether (sulfide) groups is 1. The molecule has 0 unspecified atom stereocenters. The molecule has 10 heteroatoms. The summed E-state index contributed by atoms with van der Waals surface area (Å²) in [6, 6.07) is 14.5. The van der Waals surface area contributed by atoms with Crippen molar-refractivity contribution in [2.75, 3.05) is 24.4 Å². The predicted molar refractivity (Wildman–Crippen MR) is 122 cm³/mol. The third kappa shape index (κ3) is 6.42. The molecule has 0 spiro atoms. The van der Waals surface area contributed by atoms with Gasteiger partial charge in [-0.2, -0.15) is 15.0 Å². The van der Waals surface area contributed by atoms with Gasteiger partial charge in [0.2, 0.25) is 11.9 Å². The maximum Gasteiger partial charge on any atom is 0.306 e. The first kappa shape index (κ1) is 23.0. The molecule has 0 saturated heterocycles. The Kier molecular flexibility index (Phi) is 7.98. The van der Waals surface area contributed by atoms with Gasteiger partial charge in [0.25, 0.3) is 0 Å². The molecule has 2 aromatic carbocycles. The van der Waals surface area contributed by atoms with Crippen LogP contribution < -0.4 is 15.8 Å². The second-order valence-electron chi connectivity index (χ2n) is 6.57. The molecular formula is C22H23N5O4S. The number of methoxy groups -OCH3 is 1. The van der Waals surface area contributed by atoms with E-state index in [1.54, 1.807) is 43.1 Å². The Hall–Kier alpha value is -3.66. The van der Waals surface area contributed by atoms with Crippen molar-refractivity contribution in [1.82, 2.24) is 15.0 Å². The van der Waals surface area contributed by atoms with E-state index in [-0.39, 0.29) is 43.0 Å². The molecule has 0 radical (unpaired) electrons. The first-order chi connectivity index (χ1) is 15.5. The van der Waals surface area contributed by atoms with Gasteiger partial charge in [-0.1, -0.05) is 24.3 Å². The van der Waals surface area contributed by atoms with Crippen LogP contribution in [-0.4, -0.2) is 40.1 Å². The molecule has 0 aliphatic carbocycles. The third-order valence-corrected chi connectivity index (χ3v) is 5.13. The summed E-state index contributed by atoms with van der Waals surface area (Å²) in [6.45, 7) is -0.192. The molecule has 3 rings (SSSR count). The zero-order valence-electron chi connectivity index (χ0n) is 17.7. The minimum absolute atomic E-state index is 0.0210. The molecule has 0 atom stereocenters. The average molecular weight is 454 g/mol. The van der Waals surface area contributed by atoms with Crippen molar-refractivity contribution in [3.05, 3.63) is 59.9 Å². The van der Waals surface area contributed by atoms with E-state index >= 15 is 0 Å². The molecule has 0 aliphatic rings. The number of carbonyl (C=O) groups is 2. The zero-order chi connectivity index (χ0) is 22.9. The van der Waals surface area contributed by atoms with E-state index in [4.69, 9.17) is 15.2 Å². The fourth-order valence-corrected chi connectivity index (χ4v) is 3.19. The Morgan fingerprint density at radius 3 is 2.50 bits per heavy atom. The molecule has 1 aromatic heterocycles. The molecule has 166 valence electrons. The van der Waals surface area contributed by atoms with Crippen LogP contribution in [0.5, 0.6) is 5.75 Å². The van der Waals surface area contributed by atoms with Gasteiger partial charge in [0.15, 0.2) is 18.2 Å². The number of nitrogens with two attached hydrogens (primary N) is 1. The maximum atomic E-state index is 12.3. The van der Waals surface area contributed by atoms with E-state index in [9.17, 15) is 9.59 Å². The van der Waals surface area contributed by atoms with Crippen LogP contribution in [0.15, 0.2) is 53.4 Å². The van der Waals surface area contributed by atoms with E-state index in [2.05, 4.69) is 20.3 Å². The first-order valence-corrected chi connectivity index (χ1v) is 10.9. The number of esters is 1. The lowest BCUT2D eigenvalue weighted by molar-refractivity contribution is -0.145. The lowest BCUT2D eigenvalue weighted by Crippen LogP contribution is -2.12. The Morgan fingerprint density at radius 2 is 1.78 bits per heavy atom. The third-order valence-electron chi connectivity index (χ3n) is 4.38. The number of hydrogen-bond donors (Lipinski definition) is 2. The van der Waals surface area contributed by atoms with Gasteiger partial charge in [0.05, 0.1) is 19.2 Å². The predicted octanol–water partition coefficient (Wildman–Crippen LogP) is 3.63. The van der Waals surface area contributed by atoms with Gasteiger partial charge in [0.1, 0.15) is 5.75 Å². The highest BCUT2D eigenvalue weighted by Gasteiger charge is 2.13. The standard InChI is InChI=1S/C22H23N5O4S/c1-30-18-6-4-3-5-16(18)24-22-26-19(25-21(23)27-22)13-31-20(29)12-11-17(28)14-7-9-15(32-2)10-8-14/h3-10H,11-13H2,1-2H3,(H3,23,24,25,26,27). The zero-order valence-corrected chi connectivity index (χ0v) is 18.5. The molecule has 0 bridgehead atoms. The van der Waals surface area contributed by atoms with Gasteiger partial charge in [-0.3, -0.25) is 9.59 Å². The van der Waals surface area contributed by atoms with Crippen molar-refractivity contribution in [3.8, 4) is 5.75 Å². The van der Waals surface area contributed by atoms with Gasteiger partial charge in [0, 0.05) is 16.9 Å². The van der Waals surface area contributed by atoms with Gasteiger partial charge in [-0.05, 0) is 30.5 Å². The average Bonchev–Trinajstić information content (AvgIpc) is 2.81. The van der Waals surface area contributed by atoms with Crippen LogP contribution in [0.3, 0.4) is 0 Å². The van der Waals surface area contributed by atoms with Crippen LogP contribution in [0.25, 0.3) is 0 Å². The number of ketones is 1. The molecule has 1 heterocycles. The van der Waals surface area contributed by atoms with Crippen molar-refractivity contribution in [2.24, 2.45) is 0 Å². The van der Waals surface area contributed by atoms with Crippen LogP contribution in [0.4, 0.5) is 17.6 Å². The van der Waals surface area contributed by atoms with Gasteiger partial charge in [-0.15, -0.1) is 11.8 Å². The van der Waals surface area contributed by atoms with E-state index in [0.29, 0.717) is 17.0 Å². The Balaban J connectivity index is 1.54. The molecule has 32 heavy (non-hydrogen) atoms. The molecular weight excluding hydrogens is 430 g/mol. The number of nitrogen functional groups attached to an aromatic ring is 1. The number of benzene rings is 2. The summed E-state index contributed by atoms with van der Waals surface area (Å²) < 4.78 is 10.5. The highest BCUT2D eigenvalue weighted by Crippen LogP contribution is 2.25.